The van der Waals surface area contributed by atoms with Gasteiger partial charge in [0.25, 0.3) is 0 Å². The molecule has 3 fully saturated rings. The van der Waals surface area contributed by atoms with Gasteiger partial charge in [-0.3, -0.25) is 4.79 Å². The first-order valence-corrected chi connectivity index (χ1v) is 4.70. The van der Waals surface area contributed by atoms with Crippen LogP contribution in [-0.4, -0.2) is 11.1 Å². The van der Waals surface area contributed by atoms with E-state index in [9.17, 15) is 4.79 Å². The minimum absolute atomic E-state index is 0.232. The Balaban J connectivity index is 1.91. The summed E-state index contributed by atoms with van der Waals surface area (Å²) in [5.74, 6) is 0.125. The van der Waals surface area contributed by atoms with Gasteiger partial charge in [0, 0.05) is 0 Å². The van der Waals surface area contributed by atoms with E-state index in [4.69, 9.17) is 5.11 Å². The number of rotatable bonds is 3. The molecule has 0 aliphatic heterocycles. The van der Waals surface area contributed by atoms with Crippen LogP contribution >= 0.6 is 0 Å². The molecule has 68 valence electrons. The molecule has 0 atom stereocenters. The van der Waals surface area contributed by atoms with Crippen LogP contribution in [0.4, 0.5) is 0 Å². The maximum Gasteiger partial charge on any atom is 0.303 e. The molecule has 3 aliphatic rings. The van der Waals surface area contributed by atoms with Crippen LogP contribution in [0.3, 0.4) is 0 Å². The highest BCUT2D eigenvalue weighted by Gasteiger charge is 2.68. The summed E-state index contributed by atoms with van der Waals surface area (Å²) in [5.41, 5.74) is 0.783. The number of aliphatic carboxylic acids is 1. The van der Waals surface area contributed by atoms with Gasteiger partial charge in [-0.05, 0) is 36.0 Å². The van der Waals surface area contributed by atoms with Crippen LogP contribution in [0.25, 0.3) is 0 Å². The van der Waals surface area contributed by atoms with Crippen LogP contribution < -0.4 is 0 Å². The van der Waals surface area contributed by atoms with Crippen molar-refractivity contribution in [3.05, 3.63) is 0 Å². The first-order chi connectivity index (χ1) is 5.48. The quantitative estimate of drug-likeness (QED) is 0.702. The lowest BCUT2D eigenvalue weighted by Crippen LogP contribution is -2.64. The second kappa shape index (κ2) is 2.04. The molecule has 12 heavy (non-hydrogen) atoms. The highest BCUT2D eigenvalue weighted by atomic mass is 16.4. The van der Waals surface area contributed by atoms with Crippen molar-refractivity contribution in [3.63, 3.8) is 0 Å². The number of hydrogen-bond acceptors (Lipinski definition) is 1. The van der Waals surface area contributed by atoms with E-state index in [0.717, 1.165) is 5.92 Å². The fourth-order valence-corrected chi connectivity index (χ4v) is 3.21. The van der Waals surface area contributed by atoms with Crippen molar-refractivity contribution in [2.45, 2.75) is 39.5 Å². The molecule has 3 saturated carbocycles. The lowest BCUT2D eigenvalue weighted by molar-refractivity contribution is -0.234. The molecule has 0 unspecified atom stereocenters. The molecule has 0 aromatic heterocycles. The Morgan fingerprint density at radius 2 is 1.92 bits per heavy atom. The molecule has 0 aromatic carbocycles. The van der Waals surface area contributed by atoms with E-state index in [1.807, 2.05) is 0 Å². The van der Waals surface area contributed by atoms with Gasteiger partial charge >= 0.3 is 5.97 Å². The Bertz CT molecular complexity index is 210. The predicted octanol–water partition coefficient (Wildman–Crippen LogP) is 2.29. The largest absolute Gasteiger partial charge is 0.481 e. The lowest BCUT2D eigenvalue weighted by atomic mass is 9.31. The summed E-state index contributed by atoms with van der Waals surface area (Å²) in [5, 5.41) is 8.66. The van der Waals surface area contributed by atoms with E-state index in [2.05, 4.69) is 13.8 Å². The molecule has 0 spiro atoms. The van der Waals surface area contributed by atoms with E-state index in [1.165, 1.54) is 19.3 Å². The van der Waals surface area contributed by atoms with Crippen LogP contribution in [0.5, 0.6) is 0 Å². The zero-order valence-electron chi connectivity index (χ0n) is 7.76. The molecule has 3 rings (SSSR count). The highest BCUT2D eigenvalue weighted by Crippen LogP contribution is 2.77. The second-order valence-corrected chi connectivity index (χ2v) is 5.12. The molecular formula is C10H16O2. The molecule has 0 radical (unpaired) electrons. The maximum atomic E-state index is 10.5. The van der Waals surface area contributed by atoms with Gasteiger partial charge in [-0.2, -0.15) is 0 Å². The highest BCUT2D eigenvalue weighted by molar-refractivity contribution is 5.68. The fraction of sp³-hybridized carbons (Fsp3) is 0.900. The summed E-state index contributed by atoms with van der Waals surface area (Å²) >= 11 is 0. The lowest BCUT2D eigenvalue weighted by Gasteiger charge is -2.73. The van der Waals surface area contributed by atoms with Crippen molar-refractivity contribution in [2.24, 2.45) is 16.7 Å². The third kappa shape index (κ3) is 0.838. The molecular weight excluding hydrogens is 152 g/mol. The number of carboxylic acid groups (broad SMARTS) is 1. The van der Waals surface area contributed by atoms with Gasteiger partial charge in [0.05, 0.1) is 6.42 Å². The first-order valence-electron chi connectivity index (χ1n) is 4.70. The third-order valence-electron chi connectivity index (χ3n) is 3.93. The summed E-state index contributed by atoms with van der Waals surface area (Å²) in [6.45, 7) is 4.51. The monoisotopic (exact) mass is 168 g/mol. The van der Waals surface area contributed by atoms with Crippen molar-refractivity contribution in [1.29, 1.82) is 0 Å². The SMILES string of the molecule is CC(C)C12CC(CC(=O)O)(C1)C2. The Morgan fingerprint density at radius 1 is 1.42 bits per heavy atom. The van der Waals surface area contributed by atoms with Crippen molar-refractivity contribution in [3.8, 4) is 0 Å². The van der Waals surface area contributed by atoms with Gasteiger partial charge in [-0.1, -0.05) is 13.8 Å². The molecule has 2 heteroatoms. The van der Waals surface area contributed by atoms with Crippen LogP contribution in [0.15, 0.2) is 0 Å². The Labute approximate surface area is 73.0 Å². The molecule has 0 aromatic rings. The van der Waals surface area contributed by atoms with Crippen molar-refractivity contribution in [2.75, 3.05) is 0 Å². The normalized spacial score (nSPS) is 43.6. The van der Waals surface area contributed by atoms with Gasteiger partial charge < -0.3 is 5.11 Å². The van der Waals surface area contributed by atoms with E-state index in [-0.39, 0.29) is 5.41 Å². The summed E-state index contributed by atoms with van der Waals surface area (Å²) < 4.78 is 0. The molecule has 2 nitrogen and oxygen atoms in total. The fourth-order valence-electron chi connectivity index (χ4n) is 3.21. The number of hydrogen-bond donors (Lipinski definition) is 1. The molecule has 0 saturated heterocycles. The number of carboxylic acids is 1. The average Bonchev–Trinajstić information content (AvgIpc) is 1.72. The first kappa shape index (κ1) is 8.09. The Hall–Kier alpha value is -0.530. The van der Waals surface area contributed by atoms with E-state index in [0.29, 0.717) is 11.8 Å². The van der Waals surface area contributed by atoms with Crippen molar-refractivity contribution in [1.82, 2.24) is 0 Å². The van der Waals surface area contributed by atoms with Crippen molar-refractivity contribution < 1.29 is 9.90 Å². The topological polar surface area (TPSA) is 37.3 Å². The zero-order valence-corrected chi connectivity index (χ0v) is 7.76. The average molecular weight is 168 g/mol. The summed E-state index contributed by atoms with van der Waals surface area (Å²) in [6, 6.07) is 0. The standard InChI is InChI=1S/C10H16O2/c1-7(2)10-4-9(5-10,6-10)3-8(11)12/h7H,3-6H2,1-2H3,(H,11,12). The van der Waals surface area contributed by atoms with Crippen LogP contribution in [0, 0.1) is 16.7 Å². The molecule has 3 aliphatic carbocycles. The predicted molar refractivity (Wildman–Crippen MR) is 45.8 cm³/mol. The zero-order chi connectivity index (χ0) is 8.98. The summed E-state index contributed by atoms with van der Waals surface area (Å²) in [7, 11) is 0. The number of carbonyl (C=O) groups is 1. The maximum absolute atomic E-state index is 10.5. The summed E-state index contributed by atoms with van der Waals surface area (Å²) in [6.07, 6.45) is 3.92. The van der Waals surface area contributed by atoms with E-state index in [1.54, 1.807) is 0 Å². The van der Waals surface area contributed by atoms with E-state index >= 15 is 0 Å². The minimum Gasteiger partial charge on any atom is -0.481 e. The van der Waals surface area contributed by atoms with Crippen LogP contribution in [0.2, 0.25) is 0 Å². The third-order valence-corrected chi connectivity index (χ3v) is 3.93. The molecule has 0 amide bonds. The molecule has 2 bridgehead atoms. The van der Waals surface area contributed by atoms with Crippen molar-refractivity contribution >= 4 is 5.97 Å². The van der Waals surface area contributed by atoms with Crippen LogP contribution in [-0.2, 0) is 4.79 Å². The smallest absolute Gasteiger partial charge is 0.303 e. The summed E-state index contributed by atoms with van der Waals surface area (Å²) in [4.78, 5) is 10.5. The Morgan fingerprint density at radius 3 is 2.25 bits per heavy atom. The Kier molecular flexibility index (Phi) is 1.37. The minimum atomic E-state index is -0.618. The molecule has 0 heterocycles. The van der Waals surface area contributed by atoms with Gasteiger partial charge in [-0.15, -0.1) is 0 Å². The van der Waals surface area contributed by atoms with Gasteiger partial charge in [0.2, 0.25) is 0 Å². The molecule has 1 N–H and O–H groups in total. The van der Waals surface area contributed by atoms with E-state index < -0.39 is 5.97 Å². The second-order valence-electron chi connectivity index (χ2n) is 5.12. The van der Waals surface area contributed by atoms with Gasteiger partial charge in [0.1, 0.15) is 0 Å². The van der Waals surface area contributed by atoms with Gasteiger partial charge in [-0.25, -0.2) is 0 Å². The van der Waals surface area contributed by atoms with Gasteiger partial charge in [0.15, 0.2) is 0 Å². The van der Waals surface area contributed by atoms with Crippen LogP contribution in [0.1, 0.15) is 39.5 Å².